The molecule has 1 N–H and O–H groups in total. The van der Waals surface area contributed by atoms with Crippen LogP contribution in [0, 0.1) is 0 Å². The van der Waals surface area contributed by atoms with Crippen LogP contribution in [0.3, 0.4) is 0 Å². The Morgan fingerprint density at radius 2 is 1.56 bits per heavy atom. The first-order valence-corrected chi connectivity index (χ1v) is 17.0. The van der Waals surface area contributed by atoms with Crippen molar-refractivity contribution in [3.05, 3.63) is 98.5 Å². The van der Waals surface area contributed by atoms with Crippen molar-refractivity contribution in [2.45, 2.75) is 56.9 Å². The lowest BCUT2D eigenvalue weighted by Crippen LogP contribution is -2.54. The molecule has 0 spiro atoms. The van der Waals surface area contributed by atoms with Crippen LogP contribution in [-0.2, 0) is 38.8 Å². The summed E-state index contributed by atoms with van der Waals surface area (Å²) in [7, 11) is -4.31. The predicted octanol–water partition coefficient (Wildman–Crippen LogP) is 7.13. The van der Waals surface area contributed by atoms with Crippen molar-refractivity contribution in [3.8, 4) is 0 Å². The minimum absolute atomic E-state index is 0.0608. The van der Waals surface area contributed by atoms with Gasteiger partial charge in [0.2, 0.25) is 21.8 Å². The van der Waals surface area contributed by atoms with Crippen LogP contribution in [-0.4, -0.2) is 50.0 Å². The Kier molecular flexibility index (Phi) is 11.3. The molecular weight excluding hydrogens is 674 g/mol. The number of nitrogens with one attached hydrogen (secondary N) is 1. The minimum atomic E-state index is -4.88. The molecule has 7 nitrogen and oxygen atoms in total. The van der Waals surface area contributed by atoms with Gasteiger partial charge in [0.1, 0.15) is 12.6 Å². The SMILES string of the molecule is CS(=O)(=O)N(CC(=O)N(Cc1c(Cl)cccc1Cl)[C@@H](Cc1ccccc1)C(=O)NC1CCCC1)c1ccc(Cl)c(C(F)(F)F)c1. The van der Waals surface area contributed by atoms with Crippen LogP contribution in [0.15, 0.2) is 66.7 Å². The molecule has 4 rings (SSSR count). The molecule has 14 heteroatoms. The molecule has 0 bridgehead atoms. The molecule has 2 amide bonds. The zero-order valence-corrected chi connectivity index (χ0v) is 27.2. The van der Waals surface area contributed by atoms with Crippen molar-refractivity contribution >= 4 is 62.3 Å². The Hall–Kier alpha value is -2.99. The van der Waals surface area contributed by atoms with E-state index in [4.69, 9.17) is 34.8 Å². The Labute approximate surface area is 275 Å². The van der Waals surface area contributed by atoms with E-state index < -0.39 is 56.9 Å². The topological polar surface area (TPSA) is 86.8 Å². The standard InChI is InChI=1S/C31H31Cl3F3N3O4S/c1-45(43,44)40(22-14-15-27(34)24(17-22)31(35,36)37)19-29(41)39(18-23-25(32)12-7-13-26(23)33)28(16-20-8-3-2-4-9-20)30(42)38-21-10-5-6-11-21/h2-4,7-9,12-15,17,21,28H,5-6,10-11,16,18-19H2,1H3,(H,38,42)/t28-/m0/s1. The third kappa shape index (κ3) is 9.06. The molecule has 0 unspecified atom stereocenters. The van der Waals surface area contributed by atoms with Crippen LogP contribution in [0.1, 0.15) is 42.4 Å². The summed E-state index contributed by atoms with van der Waals surface area (Å²) in [5.74, 6) is -1.32. The van der Waals surface area contributed by atoms with Crippen LogP contribution >= 0.6 is 34.8 Å². The first kappa shape index (κ1) is 34.9. The van der Waals surface area contributed by atoms with Crippen LogP contribution < -0.4 is 9.62 Å². The first-order chi connectivity index (χ1) is 21.1. The van der Waals surface area contributed by atoms with Crippen LogP contribution in [0.5, 0.6) is 0 Å². The number of carbonyl (C=O) groups is 2. The van der Waals surface area contributed by atoms with Gasteiger partial charge in [-0.2, -0.15) is 13.2 Å². The number of hydrogen-bond acceptors (Lipinski definition) is 4. The summed E-state index contributed by atoms with van der Waals surface area (Å²) in [4.78, 5) is 29.3. The smallest absolute Gasteiger partial charge is 0.352 e. The molecule has 1 aliphatic rings. The fraction of sp³-hybridized carbons (Fsp3) is 0.355. The second-order valence-electron chi connectivity index (χ2n) is 10.8. The molecule has 0 aromatic heterocycles. The minimum Gasteiger partial charge on any atom is -0.352 e. The summed E-state index contributed by atoms with van der Waals surface area (Å²) < 4.78 is 67.5. The molecule has 0 heterocycles. The molecule has 0 radical (unpaired) electrons. The monoisotopic (exact) mass is 703 g/mol. The van der Waals surface area contributed by atoms with Crippen LogP contribution in [0.2, 0.25) is 15.1 Å². The second-order valence-corrected chi connectivity index (χ2v) is 14.0. The van der Waals surface area contributed by atoms with Gasteiger partial charge in [-0.15, -0.1) is 0 Å². The highest BCUT2D eigenvalue weighted by Crippen LogP contribution is 2.37. The second kappa shape index (κ2) is 14.6. The third-order valence-corrected chi connectivity index (χ3v) is 9.76. The molecule has 1 saturated carbocycles. The van der Waals surface area contributed by atoms with E-state index in [-0.39, 0.29) is 29.1 Å². The average Bonchev–Trinajstić information content (AvgIpc) is 3.47. The molecule has 1 fully saturated rings. The van der Waals surface area contributed by atoms with Gasteiger partial charge in [0, 0.05) is 34.6 Å². The number of amides is 2. The van der Waals surface area contributed by atoms with Gasteiger partial charge in [0.05, 0.1) is 22.5 Å². The van der Waals surface area contributed by atoms with E-state index in [1.54, 1.807) is 48.5 Å². The molecule has 1 atom stereocenters. The Bertz CT molecular complexity index is 1620. The number of halogens is 6. The summed E-state index contributed by atoms with van der Waals surface area (Å²) in [5, 5.41) is 2.81. The highest BCUT2D eigenvalue weighted by Gasteiger charge is 2.37. The van der Waals surface area contributed by atoms with Gasteiger partial charge >= 0.3 is 6.18 Å². The van der Waals surface area contributed by atoms with Crippen molar-refractivity contribution in [2.24, 2.45) is 0 Å². The third-order valence-electron chi connectivity index (χ3n) is 7.59. The van der Waals surface area contributed by atoms with Crippen molar-refractivity contribution < 1.29 is 31.2 Å². The lowest BCUT2D eigenvalue weighted by Gasteiger charge is -2.34. The number of benzene rings is 3. The van der Waals surface area contributed by atoms with E-state index in [1.807, 2.05) is 0 Å². The number of carbonyl (C=O) groups excluding carboxylic acids is 2. The highest BCUT2D eigenvalue weighted by molar-refractivity contribution is 7.92. The van der Waals surface area contributed by atoms with E-state index in [9.17, 15) is 31.2 Å². The molecule has 45 heavy (non-hydrogen) atoms. The van der Waals surface area contributed by atoms with Crippen LogP contribution in [0.25, 0.3) is 0 Å². The van der Waals surface area contributed by atoms with Gasteiger partial charge in [0.15, 0.2) is 0 Å². The van der Waals surface area contributed by atoms with Gasteiger partial charge in [-0.05, 0) is 48.7 Å². The molecule has 242 valence electrons. The number of hydrogen-bond donors (Lipinski definition) is 1. The molecule has 3 aromatic carbocycles. The zero-order chi connectivity index (χ0) is 32.9. The zero-order valence-electron chi connectivity index (χ0n) is 24.2. The normalized spacial score (nSPS) is 14.6. The average molecular weight is 705 g/mol. The van der Waals surface area contributed by atoms with Gasteiger partial charge < -0.3 is 10.2 Å². The van der Waals surface area contributed by atoms with E-state index in [2.05, 4.69) is 5.32 Å². The Balaban J connectivity index is 1.79. The van der Waals surface area contributed by atoms with Gasteiger partial charge in [-0.1, -0.05) is 84.0 Å². The fourth-order valence-corrected chi connectivity index (χ4v) is 6.86. The summed E-state index contributed by atoms with van der Waals surface area (Å²) >= 11 is 18.7. The van der Waals surface area contributed by atoms with Crippen molar-refractivity contribution in [1.82, 2.24) is 10.2 Å². The van der Waals surface area contributed by atoms with Crippen molar-refractivity contribution in [2.75, 3.05) is 17.1 Å². The quantitative estimate of drug-likeness (QED) is 0.230. The highest BCUT2D eigenvalue weighted by atomic mass is 35.5. The summed E-state index contributed by atoms with van der Waals surface area (Å²) in [5.41, 5.74) is -0.647. The summed E-state index contributed by atoms with van der Waals surface area (Å²) in [6.45, 7) is -1.19. The maximum Gasteiger partial charge on any atom is 0.417 e. The van der Waals surface area contributed by atoms with E-state index in [1.165, 1.54) is 4.90 Å². The Morgan fingerprint density at radius 1 is 0.933 bits per heavy atom. The number of nitrogens with zero attached hydrogens (tertiary/aromatic N) is 2. The fourth-order valence-electron chi connectivity index (χ4n) is 5.27. The first-order valence-electron chi connectivity index (χ1n) is 14.1. The number of sulfonamides is 1. The molecular formula is C31H31Cl3F3N3O4S. The maximum atomic E-state index is 14.2. The number of alkyl halides is 3. The van der Waals surface area contributed by atoms with Gasteiger partial charge in [-0.3, -0.25) is 13.9 Å². The van der Waals surface area contributed by atoms with E-state index in [0.717, 1.165) is 49.6 Å². The molecule has 3 aromatic rings. The van der Waals surface area contributed by atoms with Crippen LogP contribution in [0.4, 0.5) is 18.9 Å². The number of anilines is 1. The largest absolute Gasteiger partial charge is 0.417 e. The summed E-state index contributed by atoms with van der Waals surface area (Å²) in [6, 6.07) is 15.0. The maximum absolute atomic E-state index is 14.2. The summed E-state index contributed by atoms with van der Waals surface area (Å²) in [6.07, 6.45) is -0.627. The lowest BCUT2D eigenvalue weighted by molar-refractivity contribution is -0.140. The Morgan fingerprint density at radius 3 is 2.13 bits per heavy atom. The lowest BCUT2D eigenvalue weighted by atomic mass is 10.0. The van der Waals surface area contributed by atoms with E-state index >= 15 is 0 Å². The molecule has 0 saturated heterocycles. The molecule has 1 aliphatic carbocycles. The molecule has 0 aliphatic heterocycles. The predicted molar refractivity (Wildman–Crippen MR) is 170 cm³/mol. The van der Waals surface area contributed by atoms with Gasteiger partial charge in [0.25, 0.3) is 0 Å². The van der Waals surface area contributed by atoms with Gasteiger partial charge in [-0.25, -0.2) is 8.42 Å². The van der Waals surface area contributed by atoms with Crippen molar-refractivity contribution in [1.29, 1.82) is 0 Å². The van der Waals surface area contributed by atoms with E-state index in [0.29, 0.717) is 15.9 Å². The van der Waals surface area contributed by atoms with Crippen molar-refractivity contribution in [3.63, 3.8) is 0 Å². The number of rotatable bonds is 11.